The molecule has 6 aromatic rings. The van der Waals surface area contributed by atoms with E-state index in [1.54, 1.807) is 0 Å². The van der Waals surface area contributed by atoms with Crippen LogP contribution in [0.2, 0.25) is 0 Å². The normalized spacial score (nSPS) is 13.5. The van der Waals surface area contributed by atoms with E-state index < -0.39 is 0 Å². The zero-order valence-corrected chi connectivity index (χ0v) is 18.7. The second-order valence-corrected chi connectivity index (χ2v) is 9.61. The molecule has 0 bridgehead atoms. The van der Waals surface area contributed by atoms with Gasteiger partial charge in [0.1, 0.15) is 5.65 Å². The number of rotatable bonds is 0. The second kappa shape index (κ2) is 5.90. The highest BCUT2D eigenvalue weighted by Gasteiger charge is 2.30. The Labute approximate surface area is 192 Å². The molecule has 8 rings (SSSR count). The summed E-state index contributed by atoms with van der Waals surface area (Å²) in [7, 11) is 0. The number of aryl methyl sites for hydroxylation is 2. The highest BCUT2D eigenvalue weighted by Crippen LogP contribution is 2.50. The van der Waals surface area contributed by atoms with Gasteiger partial charge in [-0.1, -0.05) is 66.7 Å². The van der Waals surface area contributed by atoms with Crippen LogP contribution in [0.4, 0.5) is 0 Å². The van der Waals surface area contributed by atoms with Crippen LogP contribution in [0.1, 0.15) is 33.6 Å². The smallest absolute Gasteiger partial charge is 0.145 e. The molecule has 0 saturated carbocycles. The lowest BCUT2D eigenvalue weighted by molar-refractivity contribution is 1.14. The van der Waals surface area contributed by atoms with Crippen LogP contribution in [0.3, 0.4) is 0 Å². The van der Waals surface area contributed by atoms with Crippen molar-refractivity contribution in [3.8, 4) is 22.3 Å². The summed E-state index contributed by atoms with van der Waals surface area (Å²) in [6.07, 6.45) is 2.04. The first-order valence-electron chi connectivity index (χ1n) is 11.8. The predicted octanol–water partition coefficient (Wildman–Crippen LogP) is 7.40. The van der Waals surface area contributed by atoms with Crippen molar-refractivity contribution in [2.75, 3.05) is 0 Å². The summed E-state index contributed by atoms with van der Waals surface area (Å²) in [4.78, 5) is 4.96. The lowest BCUT2D eigenvalue weighted by Gasteiger charge is -2.13. The summed E-state index contributed by atoms with van der Waals surface area (Å²) in [6.45, 7) is 4.31. The van der Waals surface area contributed by atoms with E-state index in [1.165, 1.54) is 71.9 Å². The third-order valence-electron chi connectivity index (χ3n) is 8.02. The summed E-state index contributed by atoms with van der Waals surface area (Å²) in [6, 6.07) is 27.1. The van der Waals surface area contributed by atoms with Gasteiger partial charge >= 0.3 is 0 Å². The van der Waals surface area contributed by atoms with E-state index in [1.807, 2.05) is 0 Å². The van der Waals surface area contributed by atoms with Crippen LogP contribution < -0.4 is 0 Å². The van der Waals surface area contributed by atoms with Gasteiger partial charge in [0.15, 0.2) is 0 Å². The number of aromatic nitrogens is 2. The van der Waals surface area contributed by atoms with Crippen molar-refractivity contribution >= 4 is 27.3 Å². The lowest BCUT2D eigenvalue weighted by Crippen LogP contribution is -1.96. The fraction of sp³-hybridized carbons (Fsp3) is 0.129. The Bertz CT molecular complexity index is 1830. The summed E-state index contributed by atoms with van der Waals surface area (Å²) in [5.74, 6) is 0. The summed E-state index contributed by atoms with van der Waals surface area (Å²) < 4.78 is 2.37. The maximum Gasteiger partial charge on any atom is 0.145 e. The maximum atomic E-state index is 4.96. The molecular weight excluding hydrogens is 400 g/mol. The number of hydrogen-bond acceptors (Lipinski definition) is 1. The summed E-state index contributed by atoms with van der Waals surface area (Å²) in [5.41, 5.74) is 16.3. The average Bonchev–Trinajstić information content (AvgIpc) is 3.50. The van der Waals surface area contributed by atoms with Crippen molar-refractivity contribution < 1.29 is 0 Å². The fourth-order valence-electron chi connectivity index (χ4n) is 6.46. The Morgan fingerprint density at radius 3 is 2.33 bits per heavy atom. The molecule has 0 spiro atoms. The Hall–Kier alpha value is -3.91. The van der Waals surface area contributed by atoms with Crippen molar-refractivity contribution in [1.82, 2.24) is 9.38 Å². The van der Waals surface area contributed by atoms with Crippen molar-refractivity contribution in [1.29, 1.82) is 0 Å². The number of benzene rings is 4. The number of imidazole rings is 1. The summed E-state index contributed by atoms with van der Waals surface area (Å²) in [5, 5.41) is 3.93. The van der Waals surface area contributed by atoms with Crippen LogP contribution in [0.25, 0.3) is 49.6 Å². The molecule has 0 radical (unpaired) electrons. The molecule has 2 aromatic heterocycles. The first kappa shape index (κ1) is 17.6. The van der Waals surface area contributed by atoms with E-state index in [2.05, 4.69) is 91.0 Å². The molecular formula is C31H22N2. The van der Waals surface area contributed by atoms with Gasteiger partial charge in [-0.15, -0.1) is 0 Å². The molecule has 2 nitrogen and oxygen atoms in total. The third kappa shape index (κ3) is 2.07. The third-order valence-corrected chi connectivity index (χ3v) is 8.02. The van der Waals surface area contributed by atoms with E-state index in [0.717, 1.165) is 24.2 Å². The average molecular weight is 423 g/mol. The Kier molecular flexibility index (Phi) is 3.15. The van der Waals surface area contributed by atoms with E-state index in [0.29, 0.717) is 0 Å². The van der Waals surface area contributed by atoms with Gasteiger partial charge in [0, 0.05) is 16.5 Å². The van der Waals surface area contributed by atoms with Gasteiger partial charge in [0.2, 0.25) is 0 Å². The molecule has 4 aromatic carbocycles. The first-order chi connectivity index (χ1) is 16.2. The zero-order valence-electron chi connectivity index (χ0n) is 18.7. The zero-order chi connectivity index (χ0) is 21.8. The molecule has 2 aliphatic rings. The first-order valence-corrected chi connectivity index (χ1v) is 11.8. The molecule has 0 saturated heterocycles. The summed E-state index contributed by atoms with van der Waals surface area (Å²) >= 11 is 0. The monoisotopic (exact) mass is 422 g/mol. The van der Waals surface area contributed by atoms with Crippen LogP contribution in [-0.2, 0) is 12.8 Å². The molecule has 33 heavy (non-hydrogen) atoms. The minimum Gasteiger partial charge on any atom is -0.296 e. The number of fused-ring (bicyclic) bond motifs is 14. The molecule has 2 heteroatoms. The van der Waals surface area contributed by atoms with Gasteiger partial charge in [-0.2, -0.15) is 0 Å². The van der Waals surface area contributed by atoms with Crippen LogP contribution in [0.15, 0.2) is 72.8 Å². The molecule has 0 unspecified atom stereocenters. The van der Waals surface area contributed by atoms with Crippen molar-refractivity contribution in [3.63, 3.8) is 0 Å². The molecule has 0 aliphatic heterocycles. The second-order valence-electron chi connectivity index (χ2n) is 9.61. The van der Waals surface area contributed by atoms with Crippen molar-refractivity contribution in [2.24, 2.45) is 0 Å². The highest BCUT2D eigenvalue weighted by atomic mass is 15.0. The largest absolute Gasteiger partial charge is 0.296 e. The molecule has 0 N–H and O–H groups in total. The van der Waals surface area contributed by atoms with Crippen LogP contribution in [0, 0.1) is 13.8 Å². The van der Waals surface area contributed by atoms with Gasteiger partial charge in [-0.05, 0) is 82.6 Å². The minimum atomic E-state index is 0.988. The molecule has 2 aliphatic carbocycles. The molecule has 0 fully saturated rings. The standard InChI is InChI=1S/C31H22N2/c1-17-18(2)33-28-14-13-23-22-12-11-20-15-19-7-3-4-8-21(19)29(20)26(22)16-27(23)30(28)24-9-5-6-10-25(24)31(33)32-17/h3-14H,15-16H2,1-2H3. The van der Waals surface area contributed by atoms with E-state index in [-0.39, 0.29) is 0 Å². The Morgan fingerprint density at radius 1 is 0.667 bits per heavy atom. The van der Waals surface area contributed by atoms with Gasteiger partial charge in [0.25, 0.3) is 0 Å². The predicted molar refractivity (Wildman–Crippen MR) is 136 cm³/mol. The quantitative estimate of drug-likeness (QED) is 0.233. The number of hydrogen-bond donors (Lipinski definition) is 0. The number of pyridine rings is 1. The fourth-order valence-corrected chi connectivity index (χ4v) is 6.46. The van der Waals surface area contributed by atoms with Crippen LogP contribution in [0.5, 0.6) is 0 Å². The molecule has 0 amide bonds. The van der Waals surface area contributed by atoms with E-state index >= 15 is 0 Å². The van der Waals surface area contributed by atoms with Gasteiger partial charge in [-0.3, -0.25) is 4.40 Å². The van der Waals surface area contributed by atoms with Gasteiger partial charge in [0.05, 0.1) is 11.2 Å². The molecule has 0 atom stereocenters. The molecule has 2 heterocycles. The van der Waals surface area contributed by atoms with Crippen LogP contribution in [-0.4, -0.2) is 9.38 Å². The van der Waals surface area contributed by atoms with Crippen molar-refractivity contribution in [2.45, 2.75) is 26.7 Å². The minimum absolute atomic E-state index is 0.988. The Morgan fingerprint density at radius 2 is 1.42 bits per heavy atom. The lowest BCUT2D eigenvalue weighted by atomic mass is 9.95. The highest BCUT2D eigenvalue weighted by molar-refractivity contribution is 6.15. The van der Waals surface area contributed by atoms with Crippen LogP contribution >= 0.6 is 0 Å². The SMILES string of the molecule is Cc1nc2c3ccccc3c3c4c(ccc3n2c1C)-c1ccc2c(c1C4)-c1ccccc1C2. The van der Waals surface area contributed by atoms with E-state index in [4.69, 9.17) is 4.98 Å². The maximum absolute atomic E-state index is 4.96. The topological polar surface area (TPSA) is 17.3 Å². The van der Waals surface area contributed by atoms with Gasteiger partial charge < -0.3 is 0 Å². The van der Waals surface area contributed by atoms with Gasteiger partial charge in [-0.25, -0.2) is 4.98 Å². The van der Waals surface area contributed by atoms with E-state index in [9.17, 15) is 0 Å². The van der Waals surface area contributed by atoms with Crippen molar-refractivity contribution in [3.05, 3.63) is 106 Å². The molecule has 156 valence electrons. The Balaban J connectivity index is 1.51. The number of nitrogens with zero attached hydrogens (tertiary/aromatic N) is 2.